The van der Waals surface area contributed by atoms with Crippen molar-refractivity contribution in [2.75, 3.05) is 6.61 Å². The maximum atomic E-state index is 11.5. The van der Waals surface area contributed by atoms with E-state index in [2.05, 4.69) is 13.8 Å². The highest BCUT2D eigenvalue weighted by atomic mass is 16.5. The van der Waals surface area contributed by atoms with Gasteiger partial charge in [0, 0.05) is 0 Å². The van der Waals surface area contributed by atoms with Gasteiger partial charge in [0.05, 0.1) is 12.2 Å². The van der Waals surface area contributed by atoms with E-state index in [-0.39, 0.29) is 5.78 Å². The monoisotopic (exact) mass is 220 g/mol. The number of hydrogen-bond donors (Lipinski definition) is 0. The zero-order valence-electron chi connectivity index (χ0n) is 10.5. The first kappa shape index (κ1) is 12.8. The van der Waals surface area contributed by atoms with Crippen molar-refractivity contribution in [3.05, 3.63) is 29.3 Å². The second kappa shape index (κ2) is 5.69. The minimum absolute atomic E-state index is 0.0635. The molecule has 0 spiro atoms. The first-order valence-corrected chi connectivity index (χ1v) is 5.88. The lowest BCUT2D eigenvalue weighted by molar-refractivity contribution is 0.101. The van der Waals surface area contributed by atoms with Crippen LogP contribution >= 0.6 is 0 Å². The van der Waals surface area contributed by atoms with Crippen LogP contribution in [0.1, 0.15) is 56.0 Å². The van der Waals surface area contributed by atoms with Gasteiger partial charge in [-0.15, -0.1) is 0 Å². The lowest BCUT2D eigenvalue weighted by atomic mass is 9.94. The number of carbonyl (C=O) groups is 1. The van der Waals surface area contributed by atoms with Crippen LogP contribution in [0.15, 0.2) is 18.2 Å². The molecule has 0 saturated heterocycles. The van der Waals surface area contributed by atoms with Crippen LogP contribution in [0.4, 0.5) is 0 Å². The number of ketones is 1. The maximum absolute atomic E-state index is 11.5. The van der Waals surface area contributed by atoms with E-state index in [1.54, 1.807) is 6.92 Å². The van der Waals surface area contributed by atoms with E-state index < -0.39 is 0 Å². The van der Waals surface area contributed by atoms with Crippen LogP contribution < -0.4 is 4.74 Å². The zero-order valence-corrected chi connectivity index (χ0v) is 10.5. The standard InChI is InChI=1S/C14H20O2/c1-5-10(3)12-8-7-9-13(11(4)15)14(12)16-6-2/h7-10H,5-6H2,1-4H3. The van der Waals surface area contributed by atoms with Gasteiger partial charge in [-0.1, -0.05) is 26.0 Å². The number of ether oxygens (including phenoxy) is 1. The Hall–Kier alpha value is -1.31. The third-order valence-corrected chi connectivity index (χ3v) is 2.86. The molecule has 88 valence electrons. The molecule has 0 heterocycles. The zero-order chi connectivity index (χ0) is 12.1. The number of Topliss-reactive ketones (excluding diaryl/α,β-unsaturated/α-hetero) is 1. The Morgan fingerprint density at radius 1 is 1.38 bits per heavy atom. The van der Waals surface area contributed by atoms with E-state index >= 15 is 0 Å². The summed E-state index contributed by atoms with van der Waals surface area (Å²) in [6.45, 7) is 8.41. The third-order valence-electron chi connectivity index (χ3n) is 2.86. The predicted molar refractivity (Wildman–Crippen MR) is 66.3 cm³/mol. The highest BCUT2D eigenvalue weighted by Crippen LogP contribution is 2.32. The lowest BCUT2D eigenvalue weighted by Gasteiger charge is -2.17. The molecule has 16 heavy (non-hydrogen) atoms. The largest absolute Gasteiger partial charge is 0.493 e. The average molecular weight is 220 g/mol. The molecule has 0 bridgehead atoms. The number of carbonyl (C=O) groups excluding carboxylic acids is 1. The summed E-state index contributed by atoms with van der Waals surface area (Å²) in [6.07, 6.45) is 1.04. The summed E-state index contributed by atoms with van der Waals surface area (Å²) in [7, 11) is 0. The van der Waals surface area contributed by atoms with Crippen LogP contribution in [-0.2, 0) is 0 Å². The molecule has 1 unspecified atom stereocenters. The van der Waals surface area contributed by atoms with E-state index in [4.69, 9.17) is 4.74 Å². The fourth-order valence-corrected chi connectivity index (χ4v) is 1.75. The van der Waals surface area contributed by atoms with Gasteiger partial charge in [-0.25, -0.2) is 0 Å². The van der Waals surface area contributed by atoms with Crippen molar-refractivity contribution in [3.8, 4) is 5.75 Å². The molecule has 0 amide bonds. The van der Waals surface area contributed by atoms with Crippen molar-refractivity contribution in [2.45, 2.75) is 40.0 Å². The maximum Gasteiger partial charge on any atom is 0.163 e. The molecule has 1 atom stereocenters. The summed E-state index contributed by atoms with van der Waals surface area (Å²) in [4.78, 5) is 11.5. The highest BCUT2D eigenvalue weighted by molar-refractivity contribution is 5.97. The quantitative estimate of drug-likeness (QED) is 0.705. The molecule has 0 aromatic heterocycles. The summed E-state index contributed by atoms with van der Waals surface area (Å²) in [5.74, 6) is 1.25. The number of hydrogen-bond acceptors (Lipinski definition) is 2. The minimum Gasteiger partial charge on any atom is -0.493 e. The number of benzene rings is 1. The lowest BCUT2D eigenvalue weighted by Crippen LogP contribution is -2.05. The molecule has 2 heteroatoms. The van der Waals surface area contributed by atoms with Crippen LogP contribution in [0.25, 0.3) is 0 Å². The van der Waals surface area contributed by atoms with Crippen molar-refractivity contribution in [2.24, 2.45) is 0 Å². The van der Waals surface area contributed by atoms with Crippen molar-refractivity contribution >= 4 is 5.78 Å². The predicted octanol–water partition coefficient (Wildman–Crippen LogP) is 3.80. The number of para-hydroxylation sites is 1. The van der Waals surface area contributed by atoms with Gasteiger partial charge < -0.3 is 4.74 Å². The summed E-state index contributed by atoms with van der Waals surface area (Å²) >= 11 is 0. The molecule has 0 saturated carbocycles. The summed E-state index contributed by atoms with van der Waals surface area (Å²) < 4.78 is 5.63. The van der Waals surface area contributed by atoms with Crippen molar-refractivity contribution in [1.29, 1.82) is 0 Å². The van der Waals surface area contributed by atoms with Gasteiger partial charge in [-0.3, -0.25) is 4.79 Å². The van der Waals surface area contributed by atoms with Crippen molar-refractivity contribution < 1.29 is 9.53 Å². The Bertz CT molecular complexity index is 369. The second-order valence-electron chi connectivity index (χ2n) is 4.02. The van der Waals surface area contributed by atoms with Crippen LogP contribution in [0.3, 0.4) is 0 Å². The Morgan fingerprint density at radius 2 is 2.06 bits per heavy atom. The van der Waals surface area contributed by atoms with E-state index in [1.165, 1.54) is 0 Å². The molecule has 0 aliphatic heterocycles. The Balaban J connectivity index is 3.26. The molecule has 1 rings (SSSR count). The van der Waals surface area contributed by atoms with E-state index in [1.807, 2.05) is 25.1 Å². The molecule has 0 fully saturated rings. The minimum atomic E-state index is 0.0635. The van der Waals surface area contributed by atoms with Crippen LogP contribution in [0.2, 0.25) is 0 Å². The molecule has 0 aliphatic carbocycles. The molecule has 2 nitrogen and oxygen atoms in total. The van der Waals surface area contributed by atoms with E-state index in [0.29, 0.717) is 18.1 Å². The SMILES string of the molecule is CCOc1c(C(C)=O)cccc1C(C)CC. The van der Waals surface area contributed by atoms with Gasteiger partial charge in [0.2, 0.25) is 0 Å². The summed E-state index contributed by atoms with van der Waals surface area (Å²) in [5.41, 5.74) is 1.83. The number of rotatable bonds is 5. The van der Waals surface area contributed by atoms with Crippen LogP contribution in [0, 0.1) is 0 Å². The Labute approximate surface area is 97.6 Å². The average Bonchev–Trinajstić information content (AvgIpc) is 2.28. The van der Waals surface area contributed by atoms with Crippen LogP contribution in [0.5, 0.6) is 5.75 Å². The van der Waals surface area contributed by atoms with Crippen molar-refractivity contribution in [1.82, 2.24) is 0 Å². The molecule has 1 aromatic rings. The Kier molecular flexibility index (Phi) is 4.53. The van der Waals surface area contributed by atoms with Gasteiger partial charge in [0.15, 0.2) is 5.78 Å². The second-order valence-corrected chi connectivity index (χ2v) is 4.02. The fraction of sp³-hybridized carbons (Fsp3) is 0.500. The smallest absolute Gasteiger partial charge is 0.163 e. The molecule has 0 aliphatic rings. The van der Waals surface area contributed by atoms with Crippen molar-refractivity contribution in [3.63, 3.8) is 0 Å². The highest BCUT2D eigenvalue weighted by Gasteiger charge is 2.16. The normalized spacial score (nSPS) is 12.2. The summed E-state index contributed by atoms with van der Waals surface area (Å²) in [5, 5.41) is 0. The first-order valence-electron chi connectivity index (χ1n) is 5.88. The fourth-order valence-electron chi connectivity index (χ4n) is 1.75. The van der Waals surface area contributed by atoms with Gasteiger partial charge in [-0.05, 0) is 37.8 Å². The van der Waals surface area contributed by atoms with Gasteiger partial charge in [0.25, 0.3) is 0 Å². The van der Waals surface area contributed by atoms with E-state index in [9.17, 15) is 4.79 Å². The third kappa shape index (κ3) is 2.63. The van der Waals surface area contributed by atoms with E-state index in [0.717, 1.165) is 17.7 Å². The van der Waals surface area contributed by atoms with Gasteiger partial charge >= 0.3 is 0 Å². The molecule has 0 N–H and O–H groups in total. The molecule has 0 radical (unpaired) electrons. The molecular weight excluding hydrogens is 200 g/mol. The molecule has 1 aromatic carbocycles. The summed E-state index contributed by atoms with van der Waals surface area (Å²) in [6, 6.07) is 5.81. The molecular formula is C14H20O2. The first-order chi connectivity index (χ1) is 7.61. The van der Waals surface area contributed by atoms with Gasteiger partial charge in [0.1, 0.15) is 5.75 Å². The topological polar surface area (TPSA) is 26.3 Å². The van der Waals surface area contributed by atoms with Gasteiger partial charge in [-0.2, -0.15) is 0 Å². The van der Waals surface area contributed by atoms with Crippen LogP contribution in [-0.4, -0.2) is 12.4 Å². The Morgan fingerprint density at radius 3 is 2.56 bits per heavy atom.